The van der Waals surface area contributed by atoms with Crippen molar-refractivity contribution in [1.29, 1.82) is 0 Å². The first-order chi connectivity index (χ1) is 37.8. The van der Waals surface area contributed by atoms with Gasteiger partial charge < -0.3 is 18.8 Å². The molecule has 450 valence electrons. The van der Waals surface area contributed by atoms with Gasteiger partial charge in [-0.25, -0.2) is 0 Å². The van der Waals surface area contributed by atoms with Crippen LogP contribution in [-0.2, 0) is 38.0 Å². The van der Waals surface area contributed by atoms with Crippen LogP contribution in [0.25, 0.3) is 0 Å². The van der Waals surface area contributed by atoms with Crippen LogP contribution in [0.2, 0.25) is 0 Å². The molecule has 0 heterocycles. The van der Waals surface area contributed by atoms with E-state index in [0.29, 0.717) is 52.8 Å². The van der Waals surface area contributed by atoms with E-state index in [4.69, 9.17) is 14.2 Å². The average molecular weight is 1120 g/mol. The van der Waals surface area contributed by atoms with Gasteiger partial charge in [-0.1, -0.05) is 81.1 Å². The Kier molecular flexibility index (Phi) is 22.0. The van der Waals surface area contributed by atoms with E-state index in [1.54, 1.807) is 0 Å². The second-order valence-electron chi connectivity index (χ2n) is 30.9. The molecule has 0 aliphatic heterocycles. The summed E-state index contributed by atoms with van der Waals surface area (Å²) in [5.74, 6) is 5.56. The number of ether oxygens (including phenoxy) is 3. The summed E-state index contributed by atoms with van der Waals surface area (Å²) in [4.78, 5) is 55.6. The summed E-state index contributed by atoms with van der Waals surface area (Å²) < 4.78 is 34.9. The fourth-order valence-electron chi connectivity index (χ4n) is 19.0. The van der Waals surface area contributed by atoms with Crippen LogP contribution in [0.1, 0.15) is 280 Å². The molecule has 8 nitrogen and oxygen atoms in total. The van der Waals surface area contributed by atoms with Gasteiger partial charge >= 0.3 is 0 Å². The van der Waals surface area contributed by atoms with Crippen molar-refractivity contribution in [2.45, 2.75) is 322 Å². The Hall–Kier alpha value is -1.21. The minimum absolute atomic E-state index is 0.0296. The lowest BCUT2D eigenvalue weighted by atomic mass is 9.60. The number of carbonyl (C=O) groups excluding carboxylic acids is 4. The number of hydrogen-bond acceptors (Lipinski definition) is 8. The van der Waals surface area contributed by atoms with E-state index in [-0.39, 0.29) is 76.7 Å². The quantitative estimate of drug-likeness (QED) is 0.118. The van der Waals surface area contributed by atoms with Crippen molar-refractivity contribution in [2.24, 2.45) is 81.8 Å². The molecule has 0 aromatic rings. The van der Waals surface area contributed by atoms with Crippen molar-refractivity contribution >= 4 is 30.3 Å². The monoisotopic (exact) mass is 1120 g/mol. The topological polar surface area (TPSA) is 113 Å². The summed E-state index contributed by atoms with van der Waals surface area (Å²) >= 11 is 0. The fourth-order valence-corrected chi connectivity index (χ4v) is 21.9. The minimum atomic E-state index is -2.32. The summed E-state index contributed by atoms with van der Waals surface area (Å²) in [7, 11) is -2.32. The lowest BCUT2D eigenvalue weighted by molar-refractivity contribution is -0.136. The SMILES string of the molecule is CCP(=O)(CC)C1CC(C(C)(C)C)CCC1OC1CCC(C(=O)C2CCCC(C(=O)C3CCC(OC4CCC(C(C)(C)C5CCC(OC6CCC(C(=O)C7CCCC(C(=O)C8CCC(C)CC8)C7)CC6)CC5)CC4)CC3)C2)CC1. The lowest BCUT2D eigenvalue weighted by Crippen LogP contribution is -2.43. The molecule has 9 fully saturated rings. The summed E-state index contributed by atoms with van der Waals surface area (Å²) in [6, 6.07) is 0. The Morgan fingerprint density at radius 2 is 0.671 bits per heavy atom. The molecule has 0 spiro atoms. The molecule has 0 bridgehead atoms. The zero-order valence-electron chi connectivity index (χ0n) is 51.8. The van der Waals surface area contributed by atoms with Gasteiger partial charge in [-0.05, 0) is 246 Å². The van der Waals surface area contributed by atoms with E-state index in [1.807, 2.05) is 0 Å². The zero-order chi connectivity index (χ0) is 56.1. The molecule has 0 N–H and O–H groups in total. The Morgan fingerprint density at radius 1 is 0.367 bits per heavy atom. The molecular weight excluding hydrogens is 1000 g/mol. The molecule has 0 saturated heterocycles. The highest BCUT2D eigenvalue weighted by Crippen LogP contribution is 2.59. The summed E-state index contributed by atoms with van der Waals surface area (Å²) in [5.41, 5.74) is 0.691. The van der Waals surface area contributed by atoms with Crippen LogP contribution in [0.5, 0.6) is 0 Å². The van der Waals surface area contributed by atoms with Gasteiger partial charge in [0.1, 0.15) is 23.1 Å². The van der Waals surface area contributed by atoms with Crippen molar-refractivity contribution in [3.05, 3.63) is 0 Å². The maximum absolute atomic E-state index is 14.2. The van der Waals surface area contributed by atoms with E-state index in [9.17, 15) is 23.7 Å². The Morgan fingerprint density at radius 3 is 1.00 bits per heavy atom. The Bertz CT molecular complexity index is 2000. The van der Waals surface area contributed by atoms with Gasteiger partial charge in [0.15, 0.2) is 0 Å². The maximum Gasteiger partial charge on any atom is 0.139 e. The first kappa shape index (κ1) is 62.3. The minimum Gasteiger partial charge on any atom is -0.375 e. The number of ketones is 4. The van der Waals surface area contributed by atoms with E-state index >= 15 is 0 Å². The molecular formula is C70H117O8P. The van der Waals surface area contributed by atoms with Crippen LogP contribution < -0.4 is 0 Å². The molecule has 9 rings (SSSR count). The van der Waals surface area contributed by atoms with Gasteiger partial charge in [0, 0.05) is 53.0 Å². The first-order valence-electron chi connectivity index (χ1n) is 34.5. The molecule has 0 aromatic heterocycles. The largest absolute Gasteiger partial charge is 0.375 e. The molecule has 79 heavy (non-hydrogen) atoms. The smallest absolute Gasteiger partial charge is 0.139 e. The van der Waals surface area contributed by atoms with Crippen molar-refractivity contribution < 1.29 is 38.0 Å². The number of carbonyl (C=O) groups is 4. The third-order valence-electron chi connectivity index (χ3n) is 24.9. The average Bonchev–Trinajstić information content (AvgIpc) is 3.51. The molecule has 9 heteroatoms. The van der Waals surface area contributed by atoms with Crippen LogP contribution in [0, 0.1) is 81.8 Å². The second-order valence-corrected chi connectivity index (χ2v) is 34.7. The second kappa shape index (κ2) is 27.9. The van der Waals surface area contributed by atoms with Crippen molar-refractivity contribution in [2.75, 3.05) is 12.3 Å². The molecule has 9 aliphatic rings. The summed E-state index contributed by atoms with van der Waals surface area (Å²) in [6.45, 7) is 18.7. The van der Waals surface area contributed by atoms with Crippen LogP contribution >= 0.6 is 7.14 Å². The lowest BCUT2D eigenvalue weighted by Gasteiger charge is -2.47. The molecule has 9 aliphatic carbocycles. The van der Waals surface area contributed by atoms with Gasteiger partial charge in [-0.2, -0.15) is 0 Å². The predicted molar refractivity (Wildman–Crippen MR) is 321 cm³/mol. The van der Waals surface area contributed by atoms with Gasteiger partial charge in [-0.3, -0.25) is 19.2 Å². The van der Waals surface area contributed by atoms with E-state index in [0.717, 1.165) is 216 Å². The predicted octanol–water partition coefficient (Wildman–Crippen LogP) is 17.6. The molecule has 7 unspecified atom stereocenters. The Labute approximate surface area is 482 Å². The number of hydrogen-bond donors (Lipinski definition) is 0. The zero-order valence-corrected chi connectivity index (χ0v) is 52.7. The van der Waals surface area contributed by atoms with Crippen LogP contribution in [0.4, 0.5) is 0 Å². The van der Waals surface area contributed by atoms with Crippen molar-refractivity contribution in [3.8, 4) is 0 Å². The van der Waals surface area contributed by atoms with Crippen molar-refractivity contribution in [3.63, 3.8) is 0 Å². The van der Waals surface area contributed by atoms with Crippen LogP contribution in [-0.4, -0.2) is 77.7 Å². The molecule has 9 saturated carbocycles. The third-order valence-corrected chi connectivity index (χ3v) is 28.7. The van der Waals surface area contributed by atoms with Crippen LogP contribution in [0.3, 0.4) is 0 Å². The van der Waals surface area contributed by atoms with Gasteiger partial charge in [0.2, 0.25) is 0 Å². The highest BCUT2D eigenvalue weighted by Gasteiger charge is 2.47. The highest BCUT2D eigenvalue weighted by atomic mass is 31.2. The normalized spacial score (nSPS) is 40.5. The summed E-state index contributed by atoms with van der Waals surface area (Å²) in [5, 5.41) is 0. The number of Topliss-reactive ketones (excluding diaryl/α,β-unsaturated/α-hetero) is 4. The van der Waals surface area contributed by atoms with Gasteiger partial charge in [-0.15, -0.1) is 0 Å². The molecule has 0 aromatic carbocycles. The first-order valence-corrected chi connectivity index (χ1v) is 36.6. The molecule has 0 radical (unpaired) electrons. The Balaban J connectivity index is 0.633. The van der Waals surface area contributed by atoms with E-state index < -0.39 is 7.14 Å². The standard InChI is InChI=1S/C70H117O8P/c1-9-79(75,10-2)64-45-57(69(4,5)6)31-42-63(64)78-62-36-25-50(26-37-62)68(74)54-16-12-15-53(44-54)67(73)49-23-34-59(35-24-49)77-61-40-29-56(30-41-61)70(7,8)55-27-38-60(39-28-55)76-58-32-21-48(22-33-58)66(72)52-14-11-13-51(43-52)65(71)47-19-17-46(3)18-20-47/h46-64H,9-45H2,1-8H3. The molecule has 7 atom stereocenters. The summed E-state index contributed by atoms with van der Waals surface area (Å²) in [6.07, 6.45) is 39.2. The van der Waals surface area contributed by atoms with Gasteiger partial charge in [0.25, 0.3) is 0 Å². The van der Waals surface area contributed by atoms with E-state index in [2.05, 4.69) is 55.4 Å². The van der Waals surface area contributed by atoms with E-state index in [1.165, 1.54) is 38.5 Å². The fraction of sp³-hybridized carbons (Fsp3) is 0.943. The molecule has 0 amide bonds. The number of rotatable bonds is 19. The van der Waals surface area contributed by atoms with Crippen LogP contribution in [0.15, 0.2) is 0 Å². The third kappa shape index (κ3) is 15.6. The van der Waals surface area contributed by atoms with Crippen molar-refractivity contribution in [1.82, 2.24) is 0 Å². The van der Waals surface area contributed by atoms with Gasteiger partial charge in [0.05, 0.1) is 43.8 Å². The highest BCUT2D eigenvalue weighted by molar-refractivity contribution is 7.64. The maximum atomic E-state index is 14.2.